The summed E-state index contributed by atoms with van der Waals surface area (Å²) in [5, 5.41) is 3.48. The summed E-state index contributed by atoms with van der Waals surface area (Å²) in [5.41, 5.74) is 4.24. The number of hydrogen-bond donors (Lipinski definition) is 1. The molecule has 1 N–H and O–H groups in total. The second-order valence-electron chi connectivity index (χ2n) is 5.77. The quantitative estimate of drug-likeness (QED) is 0.716. The molecule has 2 rings (SSSR count). The monoisotopic (exact) mass is 260 g/mol. The van der Waals surface area contributed by atoms with Gasteiger partial charge in [-0.3, -0.25) is 0 Å². The van der Waals surface area contributed by atoms with Crippen molar-refractivity contribution in [3.05, 3.63) is 29.3 Å². The van der Waals surface area contributed by atoms with Crippen LogP contribution < -0.4 is 10.2 Å². The molecule has 1 saturated carbocycles. The van der Waals surface area contributed by atoms with Crippen molar-refractivity contribution in [1.29, 1.82) is 0 Å². The van der Waals surface area contributed by atoms with Gasteiger partial charge < -0.3 is 10.2 Å². The Hall–Kier alpha value is -1.02. The van der Waals surface area contributed by atoms with Crippen LogP contribution in [0.2, 0.25) is 0 Å². The summed E-state index contributed by atoms with van der Waals surface area (Å²) in [7, 11) is 0. The lowest BCUT2D eigenvalue weighted by Gasteiger charge is -2.24. The summed E-state index contributed by atoms with van der Waals surface area (Å²) >= 11 is 0. The zero-order valence-corrected chi connectivity index (χ0v) is 12.7. The standard InChI is InChI=1S/C17H28N2/c1-4-10-18-12-16-8-9-17(11-14(16)3)19(5-2)13-15-6-7-15/h8-9,11,15,18H,4-7,10,12-13H2,1-3H3. The molecule has 0 bridgehead atoms. The molecule has 0 saturated heterocycles. The number of rotatable bonds is 8. The van der Waals surface area contributed by atoms with Crippen LogP contribution in [-0.2, 0) is 6.54 Å². The Morgan fingerprint density at radius 2 is 2.05 bits per heavy atom. The third-order valence-electron chi connectivity index (χ3n) is 3.99. The van der Waals surface area contributed by atoms with Gasteiger partial charge in [0, 0.05) is 25.3 Å². The summed E-state index contributed by atoms with van der Waals surface area (Å²) in [6, 6.07) is 6.94. The molecule has 1 aliphatic rings. The number of nitrogens with zero attached hydrogens (tertiary/aromatic N) is 1. The van der Waals surface area contributed by atoms with E-state index >= 15 is 0 Å². The van der Waals surface area contributed by atoms with Gasteiger partial charge in [0.1, 0.15) is 0 Å². The Bertz CT molecular complexity index is 396. The fraction of sp³-hybridized carbons (Fsp3) is 0.647. The lowest BCUT2D eigenvalue weighted by Crippen LogP contribution is -2.25. The molecule has 1 fully saturated rings. The zero-order valence-electron chi connectivity index (χ0n) is 12.7. The van der Waals surface area contributed by atoms with Crippen LogP contribution in [0.5, 0.6) is 0 Å². The molecule has 19 heavy (non-hydrogen) atoms. The Kier molecular flexibility index (Phi) is 5.26. The zero-order chi connectivity index (χ0) is 13.7. The van der Waals surface area contributed by atoms with Crippen molar-refractivity contribution in [3.8, 4) is 0 Å². The van der Waals surface area contributed by atoms with Gasteiger partial charge in [-0.2, -0.15) is 0 Å². The Labute approximate surface area is 118 Å². The molecular weight excluding hydrogens is 232 g/mol. The summed E-state index contributed by atoms with van der Waals surface area (Å²) < 4.78 is 0. The predicted octanol–water partition coefficient (Wildman–Crippen LogP) is 3.73. The molecule has 0 aliphatic heterocycles. The van der Waals surface area contributed by atoms with Gasteiger partial charge in [0.05, 0.1) is 0 Å². The first-order valence-electron chi connectivity index (χ1n) is 7.79. The highest BCUT2D eigenvalue weighted by Gasteiger charge is 2.23. The van der Waals surface area contributed by atoms with E-state index in [1.54, 1.807) is 0 Å². The van der Waals surface area contributed by atoms with E-state index in [4.69, 9.17) is 0 Å². The molecule has 0 unspecified atom stereocenters. The van der Waals surface area contributed by atoms with E-state index < -0.39 is 0 Å². The van der Waals surface area contributed by atoms with E-state index in [0.717, 1.165) is 25.6 Å². The Balaban J connectivity index is 1.99. The SMILES string of the molecule is CCCNCc1ccc(N(CC)CC2CC2)cc1C. The molecule has 2 heteroatoms. The average Bonchev–Trinajstić information content (AvgIpc) is 3.22. The molecule has 0 amide bonds. The largest absolute Gasteiger partial charge is 0.372 e. The fourth-order valence-electron chi connectivity index (χ4n) is 2.50. The minimum Gasteiger partial charge on any atom is -0.372 e. The first-order valence-corrected chi connectivity index (χ1v) is 7.79. The highest BCUT2D eigenvalue weighted by Crippen LogP contribution is 2.31. The number of nitrogens with one attached hydrogen (secondary N) is 1. The number of hydrogen-bond acceptors (Lipinski definition) is 2. The van der Waals surface area contributed by atoms with Crippen molar-refractivity contribution >= 4 is 5.69 Å². The van der Waals surface area contributed by atoms with Gasteiger partial charge in [-0.05, 0) is 68.8 Å². The second-order valence-corrected chi connectivity index (χ2v) is 5.77. The van der Waals surface area contributed by atoms with Crippen LogP contribution >= 0.6 is 0 Å². The fourth-order valence-corrected chi connectivity index (χ4v) is 2.50. The lowest BCUT2D eigenvalue weighted by atomic mass is 10.1. The average molecular weight is 260 g/mol. The molecular formula is C17H28N2. The number of anilines is 1. The van der Waals surface area contributed by atoms with Crippen LogP contribution in [0, 0.1) is 12.8 Å². The van der Waals surface area contributed by atoms with Gasteiger partial charge >= 0.3 is 0 Å². The van der Waals surface area contributed by atoms with E-state index in [2.05, 4.69) is 49.2 Å². The maximum Gasteiger partial charge on any atom is 0.0369 e. The van der Waals surface area contributed by atoms with E-state index in [1.807, 2.05) is 0 Å². The summed E-state index contributed by atoms with van der Waals surface area (Å²) in [6.45, 7) is 11.2. The molecule has 0 radical (unpaired) electrons. The number of aryl methyl sites for hydroxylation is 1. The third kappa shape index (κ3) is 4.24. The predicted molar refractivity (Wildman–Crippen MR) is 83.8 cm³/mol. The first kappa shape index (κ1) is 14.4. The number of benzene rings is 1. The van der Waals surface area contributed by atoms with Gasteiger partial charge in [0.2, 0.25) is 0 Å². The van der Waals surface area contributed by atoms with Crippen molar-refractivity contribution in [2.75, 3.05) is 24.5 Å². The van der Waals surface area contributed by atoms with E-state index in [0.29, 0.717) is 0 Å². The molecule has 1 aromatic carbocycles. The minimum atomic E-state index is 0.950. The summed E-state index contributed by atoms with van der Waals surface area (Å²) in [6.07, 6.45) is 4.05. The molecule has 0 aromatic heterocycles. The summed E-state index contributed by atoms with van der Waals surface area (Å²) in [4.78, 5) is 2.52. The molecule has 0 atom stereocenters. The second kappa shape index (κ2) is 6.95. The van der Waals surface area contributed by atoms with Crippen LogP contribution in [0.25, 0.3) is 0 Å². The van der Waals surface area contributed by atoms with Crippen molar-refractivity contribution in [1.82, 2.24) is 5.32 Å². The van der Waals surface area contributed by atoms with Crippen molar-refractivity contribution in [2.24, 2.45) is 5.92 Å². The molecule has 2 nitrogen and oxygen atoms in total. The van der Waals surface area contributed by atoms with Gasteiger partial charge in [-0.1, -0.05) is 13.0 Å². The lowest BCUT2D eigenvalue weighted by molar-refractivity contribution is 0.673. The minimum absolute atomic E-state index is 0.950. The first-order chi connectivity index (χ1) is 9.24. The normalized spacial score (nSPS) is 14.7. The van der Waals surface area contributed by atoms with Gasteiger partial charge in [0.25, 0.3) is 0 Å². The molecule has 1 aliphatic carbocycles. The maximum absolute atomic E-state index is 3.48. The van der Waals surface area contributed by atoms with Crippen molar-refractivity contribution in [2.45, 2.75) is 46.6 Å². The van der Waals surface area contributed by atoms with Crippen LogP contribution in [0.15, 0.2) is 18.2 Å². The van der Waals surface area contributed by atoms with Crippen LogP contribution in [-0.4, -0.2) is 19.6 Å². The summed E-state index contributed by atoms with van der Waals surface area (Å²) in [5.74, 6) is 0.950. The van der Waals surface area contributed by atoms with Gasteiger partial charge in [-0.25, -0.2) is 0 Å². The van der Waals surface area contributed by atoms with E-state index in [1.165, 1.54) is 42.6 Å². The third-order valence-corrected chi connectivity index (χ3v) is 3.99. The molecule has 0 spiro atoms. The smallest absolute Gasteiger partial charge is 0.0369 e. The van der Waals surface area contributed by atoms with E-state index in [-0.39, 0.29) is 0 Å². The van der Waals surface area contributed by atoms with E-state index in [9.17, 15) is 0 Å². The molecule has 1 aromatic rings. The topological polar surface area (TPSA) is 15.3 Å². The highest BCUT2D eigenvalue weighted by molar-refractivity contribution is 5.51. The molecule has 0 heterocycles. The Morgan fingerprint density at radius 3 is 2.63 bits per heavy atom. The maximum atomic E-state index is 3.48. The van der Waals surface area contributed by atoms with Gasteiger partial charge in [0.15, 0.2) is 0 Å². The van der Waals surface area contributed by atoms with Crippen molar-refractivity contribution in [3.63, 3.8) is 0 Å². The molecule has 106 valence electrons. The van der Waals surface area contributed by atoms with Crippen LogP contribution in [0.3, 0.4) is 0 Å². The van der Waals surface area contributed by atoms with Crippen LogP contribution in [0.4, 0.5) is 5.69 Å². The van der Waals surface area contributed by atoms with Crippen LogP contribution in [0.1, 0.15) is 44.2 Å². The Morgan fingerprint density at radius 1 is 1.26 bits per heavy atom. The van der Waals surface area contributed by atoms with Crippen molar-refractivity contribution < 1.29 is 0 Å². The highest BCUT2D eigenvalue weighted by atomic mass is 15.1. The van der Waals surface area contributed by atoms with Gasteiger partial charge in [-0.15, -0.1) is 0 Å².